The molecule has 0 fully saturated rings. The number of pyridine rings is 1. The van der Waals surface area contributed by atoms with E-state index in [-0.39, 0.29) is 5.69 Å². The summed E-state index contributed by atoms with van der Waals surface area (Å²) in [6.45, 7) is 3.28. The zero-order valence-corrected chi connectivity index (χ0v) is 6.60. The van der Waals surface area contributed by atoms with Crippen molar-refractivity contribution in [2.75, 3.05) is 0 Å². The Morgan fingerprint density at radius 3 is 2.54 bits per heavy atom. The lowest BCUT2D eigenvalue weighted by Crippen LogP contribution is -2.13. The van der Waals surface area contributed by atoms with Crippen LogP contribution in [0, 0.1) is 17.6 Å². The minimum Gasteiger partial charge on any atom is -0.319 e. The molecule has 13 heavy (non-hydrogen) atoms. The smallest absolute Gasteiger partial charge is 0.249 e. The number of rotatable bonds is 2. The highest BCUT2D eigenvalue weighted by molar-refractivity contribution is 5.16. The van der Waals surface area contributed by atoms with Crippen LogP contribution in [0.25, 0.3) is 0 Å². The van der Waals surface area contributed by atoms with Crippen LogP contribution in [0.1, 0.15) is 11.7 Å². The molecule has 0 saturated heterocycles. The van der Waals surface area contributed by atoms with E-state index < -0.39 is 23.6 Å². The molecule has 0 spiro atoms. The molecule has 0 unspecified atom stereocenters. The van der Waals surface area contributed by atoms with Gasteiger partial charge in [0.05, 0.1) is 6.04 Å². The lowest BCUT2D eigenvalue weighted by atomic mass is 10.2. The minimum absolute atomic E-state index is 0.353. The number of nitrogens with zero attached hydrogens (tertiary/aromatic N) is 1. The Kier molecular flexibility index (Phi) is 2.67. The zero-order valence-electron chi connectivity index (χ0n) is 6.60. The summed E-state index contributed by atoms with van der Waals surface area (Å²) in [6, 6.07) is -0.531. The largest absolute Gasteiger partial charge is 0.319 e. The summed E-state index contributed by atoms with van der Waals surface area (Å²) in [5.74, 6) is -3.68. The average Bonchev–Trinajstić information content (AvgIpc) is 2.10. The average molecular weight is 188 g/mol. The van der Waals surface area contributed by atoms with Gasteiger partial charge in [-0.25, -0.2) is 13.8 Å². The SMILES string of the molecule is C=C[C@@H](N)c1nc(F)c(F)cc1F. The van der Waals surface area contributed by atoms with Gasteiger partial charge in [0.15, 0.2) is 5.82 Å². The molecule has 0 radical (unpaired) electrons. The molecule has 0 bridgehead atoms. The predicted molar refractivity (Wildman–Crippen MR) is 41.2 cm³/mol. The second-order valence-electron chi connectivity index (χ2n) is 2.39. The highest BCUT2D eigenvalue weighted by Crippen LogP contribution is 2.15. The van der Waals surface area contributed by atoms with Crippen LogP contribution >= 0.6 is 0 Å². The van der Waals surface area contributed by atoms with Crippen LogP contribution in [0.2, 0.25) is 0 Å². The second-order valence-corrected chi connectivity index (χ2v) is 2.39. The summed E-state index contributed by atoms with van der Waals surface area (Å²) in [5, 5.41) is 0. The normalized spacial score (nSPS) is 12.6. The van der Waals surface area contributed by atoms with E-state index in [0.717, 1.165) is 0 Å². The number of halogens is 3. The number of aromatic nitrogens is 1. The molecular weight excluding hydrogens is 181 g/mol. The van der Waals surface area contributed by atoms with Gasteiger partial charge in [0.1, 0.15) is 11.5 Å². The Labute approximate surface area is 72.9 Å². The lowest BCUT2D eigenvalue weighted by molar-refractivity contribution is 0.453. The van der Waals surface area contributed by atoms with E-state index in [1.54, 1.807) is 0 Å². The van der Waals surface area contributed by atoms with Crippen molar-refractivity contribution in [2.24, 2.45) is 5.73 Å². The van der Waals surface area contributed by atoms with Crippen molar-refractivity contribution in [3.8, 4) is 0 Å². The fourth-order valence-electron chi connectivity index (χ4n) is 0.803. The first-order chi connectivity index (χ1) is 6.06. The summed E-state index contributed by atoms with van der Waals surface area (Å²) in [7, 11) is 0. The highest BCUT2D eigenvalue weighted by Gasteiger charge is 2.14. The van der Waals surface area contributed by atoms with Crippen LogP contribution in [0.5, 0.6) is 0 Å². The molecule has 5 heteroatoms. The standard InChI is InChI=1S/C8H7F3N2/c1-2-6(12)7-4(9)3-5(10)8(11)13-7/h2-3,6H,1,12H2/t6-/m1/s1. The fraction of sp³-hybridized carbons (Fsp3) is 0.125. The van der Waals surface area contributed by atoms with Gasteiger partial charge >= 0.3 is 0 Å². The van der Waals surface area contributed by atoms with Gasteiger partial charge in [-0.05, 0) is 0 Å². The van der Waals surface area contributed by atoms with Gasteiger partial charge in [-0.3, -0.25) is 0 Å². The molecule has 1 rings (SSSR count). The molecule has 1 atom stereocenters. The van der Waals surface area contributed by atoms with Gasteiger partial charge in [0.25, 0.3) is 0 Å². The molecule has 0 aromatic carbocycles. The van der Waals surface area contributed by atoms with Crippen molar-refractivity contribution in [2.45, 2.75) is 6.04 Å². The molecule has 70 valence electrons. The Hall–Kier alpha value is -1.36. The summed E-state index contributed by atoms with van der Waals surface area (Å²) in [6.07, 6.45) is 1.18. The summed E-state index contributed by atoms with van der Waals surface area (Å²) >= 11 is 0. The van der Waals surface area contributed by atoms with E-state index in [0.29, 0.717) is 6.07 Å². The third-order valence-electron chi connectivity index (χ3n) is 1.48. The van der Waals surface area contributed by atoms with E-state index in [1.165, 1.54) is 6.08 Å². The van der Waals surface area contributed by atoms with Gasteiger partial charge in [-0.2, -0.15) is 4.39 Å². The molecule has 0 aliphatic carbocycles. The van der Waals surface area contributed by atoms with E-state index >= 15 is 0 Å². The minimum atomic E-state index is -1.37. The zero-order chi connectivity index (χ0) is 10.0. The number of hydrogen-bond donors (Lipinski definition) is 1. The Morgan fingerprint density at radius 2 is 2.00 bits per heavy atom. The van der Waals surface area contributed by atoms with Crippen LogP contribution in [0.3, 0.4) is 0 Å². The first kappa shape index (κ1) is 9.73. The predicted octanol–water partition coefficient (Wildman–Crippen LogP) is 1.68. The van der Waals surface area contributed by atoms with Crippen LogP contribution in [0.15, 0.2) is 18.7 Å². The van der Waals surface area contributed by atoms with Crippen LogP contribution in [-0.2, 0) is 0 Å². The first-order valence-corrected chi connectivity index (χ1v) is 3.46. The highest BCUT2D eigenvalue weighted by atomic mass is 19.2. The van der Waals surface area contributed by atoms with Crippen LogP contribution < -0.4 is 5.73 Å². The quantitative estimate of drug-likeness (QED) is 0.566. The van der Waals surface area contributed by atoms with E-state index in [9.17, 15) is 13.2 Å². The molecule has 1 heterocycles. The maximum absolute atomic E-state index is 12.9. The van der Waals surface area contributed by atoms with Crippen molar-refractivity contribution in [3.63, 3.8) is 0 Å². The van der Waals surface area contributed by atoms with Crippen LogP contribution in [-0.4, -0.2) is 4.98 Å². The first-order valence-electron chi connectivity index (χ1n) is 3.46. The van der Waals surface area contributed by atoms with Crippen LogP contribution in [0.4, 0.5) is 13.2 Å². The van der Waals surface area contributed by atoms with Gasteiger partial charge in [-0.15, -0.1) is 6.58 Å². The topological polar surface area (TPSA) is 38.9 Å². The van der Waals surface area contributed by atoms with Crippen molar-refractivity contribution >= 4 is 0 Å². The van der Waals surface area contributed by atoms with Crippen molar-refractivity contribution < 1.29 is 13.2 Å². The molecule has 0 aliphatic rings. The fourth-order valence-corrected chi connectivity index (χ4v) is 0.803. The molecule has 1 aromatic rings. The second kappa shape index (κ2) is 3.57. The van der Waals surface area contributed by atoms with Crippen molar-refractivity contribution in [1.29, 1.82) is 0 Å². The summed E-state index contributed by atoms with van der Waals surface area (Å²) < 4.78 is 37.8. The van der Waals surface area contributed by atoms with E-state index in [2.05, 4.69) is 11.6 Å². The molecule has 0 amide bonds. The van der Waals surface area contributed by atoms with E-state index in [4.69, 9.17) is 5.73 Å². The van der Waals surface area contributed by atoms with Gasteiger partial charge < -0.3 is 5.73 Å². The Balaban J connectivity index is 3.22. The molecule has 0 aliphatic heterocycles. The molecule has 2 N–H and O–H groups in total. The Morgan fingerprint density at radius 1 is 1.38 bits per heavy atom. The van der Waals surface area contributed by atoms with Crippen molar-refractivity contribution in [3.05, 3.63) is 42.0 Å². The van der Waals surface area contributed by atoms with Gasteiger partial charge in [0.2, 0.25) is 5.95 Å². The third kappa shape index (κ3) is 1.86. The molecule has 1 aromatic heterocycles. The van der Waals surface area contributed by atoms with Crippen molar-refractivity contribution in [1.82, 2.24) is 4.98 Å². The van der Waals surface area contributed by atoms with Gasteiger partial charge in [0, 0.05) is 6.07 Å². The molecule has 2 nitrogen and oxygen atoms in total. The number of nitrogens with two attached hydrogens (primary N) is 1. The monoisotopic (exact) mass is 188 g/mol. The molecular formula is C8H7F3N2. The Bertz CT molecular complexity index is 338. The third-order valence-corrected chi connectivity index (χ3v) is 1.48. The van der Waals surface area contributed by atoms with Gasteiger partial charge in [-0.1, -0.05) is 6.08 Å². The molecule has 0 saturated carbocycles. The lowest BCUT2D eigenvalue weighted by Gasteiger charge is -2.06. The maximum Gasteiger partial charge on any atom is 0.249 e. The number of hydrogen-bond acceptors (Lipinski definition) is 2. The summed E-state index contributed by atoms with van der Waals surface area (Å²) in [5.41, 5.74) is 4.95. The maximum atomic E-state index is 12.9. The van der Waals surface area contributed by atoms with E-state index in [1.807, 2.05) is 0 Å². The summed E-state index contributed by atoms with van der Waals surface area (Å²) in [4.78, 5) is 3.03.